The lowest BCUT2D eigenvalue weighted by Crippen LogP contribution is -2.24. The van der Waals surface area contributed by atoms with Crippen molar-refractivity contribution in [3.63, 3.8) is 0 Å². The summed E-state index contributed by atoms with van der Waals surface area (Å²) < 4.78 is 34.6. The van der Waals surface area contributed by atoms with Gasteiger partial charge in [0.05, 0.1) is 0 Å². The molecular formula is C17H13F2N3O3S. The normalized spacial score (nSPS) is 16.5. The van der Waals surface area contributed by atoms with Crippen molar-refractivity contribution >= 4 is 29.9 Å². The van der Waals surface area contributed by atoms with Crippen molar-refractivity contribution in [2.24, 2.45) is 19.1 Å². The third kappa shape index (κ3) is 3.21. The van der Waals surface area contributed by atoms with Crippen molar-refractivity contribution in [3.8, 4) is 5.88 Å². The molecule has 0 saturated carbocycles. The molecule has 0 radical (unpaired) electrons. The number of nitrogens with zero attached hydrogens (tertiary/aromatic N) is 3. The van der Waals surface area contributed by atoms with Crippen LogP contribution >= 0.6 is 12.2 Å². The molecule has 1 N–H and O–H groups in total. The lowest BCUT2D eigenvalue weighted by molar-refractivity contribution is 0.413. The van der Waals surface area contributed by atoms with Crippen LogP contribution in [0.15, 0.2) is 45.9 Å². The minimum absolute atomic E-state index is 0.0162. The first kappa shape index (κ1) is 17.7. The molecule has 0 spiro atoms. The number of allylic oxidation sites excluding steroid dienone is 1. The fraction of sp³-hybridized carbons (Fsp3) is 0.118. The fourth-order valence-electron chi connectivity index (χ4n) is 2.30. The monoisotopic (exact) mass is 377 g/mol. The molecular weight excluding hydrogens is 364 g/mol. The van der Waals surface area contributed by atoms with Crippen LogP contribution in [-0.4, -0.2) is 20.1 Å². The summed E-state index contributed by atoms with van der Waals surface area (Å²) in [5, 5.41) is 10.2. The molecule has 9 heteroatoms. The number of aromatic hydroxyl groups is 1. The maximum absolute atomic E-state index is 13.6. The van der Waals surface area contributed by atoms with Crippen molar-refractivity contribution in [3.05, 3.63) is 68.4 Å². The second kappa shape index (κ2) is 6.68. The van der Waals surface area contributed by atoms with E-state index in [4.69, 9.17) is 17.0 Å². The van der Waals surface area contributed by atoms with Gasteiger partial charge in [0, 0.05) is 26.2 Å². The SMILES string of the molecule is Cn1c(O)c(/C=C2\C=CC(=Nc3ccc(F)cc3F)O2)c(=O)n(C)c1=S. The van der Waals surface area contributed by atoms with Crippen LogP contribution in [0.3, 0.4) is 0 Å². The van der Waals surface area contributed by atoms with Gasteiger partial charge in [-0.3, -0.25) is 13.9 Å². The number of ether oxygens (including phenoxy) is 1. The van der Waals surface area contributed by atoms with E-state index in [9.17, 15) is 18.7 Å². The molecule has 26 heavy (non-hydrogen) atoms. The van der Waals surface area contributed by atoms with Gasteiger partial charge in [0.1, 0.15) is 22.8 Å². The average Bonchev–Trinajstić information content (AvgIpc) is 3.05. The zero-order valence-corrected chi connectivity index (χ0v) is 14.6. The summed E-state index contributed by atoms with van der Waals surface area (Å²) in [6.07, 6.45) is 4.28. The molecule has 0 amide bonds. The first-order valence-corrected chi connectivity index (χ1v) is 7.79. The van der Waals surface area contributed by atoms with Gasteiger partial charge < -0.3 is 9.84 Å². The maximum atomic E-state index is 13.6. The predicted octanol–water partition coefficient (Wildman–Crippen LogP) is 3.09. The van der Waals surface area contributed by atoms with Crippen molar-refractivity contribution < 1.29 is 18.6 Å². The molecule has 2 aromatic rings. The summed E-state index contributed by atoms with van der Waals surface area (Å²) in [5.74, 6) is -1.57. The molecule has 1 aliphatic rings. The Balaban J connectivity index is 1.95. The quantitative estimate of drug-likeness (QED) is 0.817. The van der Waals surface area contributed by atoms with E-state index in [1.54, 1.807) is 0 Å². The number of aliphatic imine (C=N–C) groups is 1. The van der Waals surface area contributed by atoms with Crippen LogP contribution in [-0.2, 0) is 18.8 Å². The lowest BCUT2D eigenvalue weighted by atomic mass is 10.2. The van der Waals surface area contributed by atoms with Gasteiger partial charge in [-0.1, -0.05) is 0 Å². The second-order valence-electron chi connectivity index (χ2n) is 5.47. The molecule has 3 rings (SSSR count). The van der Waals surface area contributed by atoms with Crippen molar-refractivity contribution in [1.82, 2.24) is 9.13 Å². The largest absolute Gasteiger partial charge is 0.494 e. The van der Waals surface area contributed by atoms with Gasteiger partial charge in [-0.2, -0.15) is 0 Å². The lowest BCUT2D eigenvalue weighted by Gasteiger charge is -2.10. The van der Waals surface area contributed by atoms with Gasteiger partial charge in [-0.25, -0.2) is 13.8 Å². The fourth-order valence-corrected chi connectivity index (χ4v) is 2.47. The summed E-state index contributed by atoms with van der Waals surface area (Å²) in [5.41, 5.74) is -0.601. The highest BCUT2D eigenvalue weighted by molar-refractivity contribution is 7.71. The predicted molar refractivity (Wildman–Crippen MR) is 94.8 cm³/mol. The summed E-state index contributed by atoms with van der Waals surface area (Å²) >= 11 is 5.04. The van der Waals surface area contributed by atoms with Crippen molar-refractivity contribution in [2.45, 2.75) is 0 Å². The van der Waals surface area contributed by atoms with E-state index < -0.39 is 17.2 Å². The van der Waals surface area contributed by atoms with Crippen LogP contribution in [0.4, 0.5) is 14.5 Å². The molecule has 0 atom stereocenters. The Morgan fingerprint density at radius 2 is 1.96 bits per heavy atom. The Kier molecular flexibility index (Phi) is 4.56. The Hall–Kier alpha value is -3.07. The van der Waals surface area contributed by atoms with Crippen molar-refractivity contribution in [2.75, 3.05) is 0 Å². The molecule has 134 valence electrons. The van der Waals surface area contributed by atoms with E-state index in [1.165, 1.54) is 47.5 Å². The molecule has 0 fully saturated rings. The second-order valence-corrected chi connectivity index (χ2v) is 5.84. The number of hydrogen-bond donors (Lipinski definition) is 1. The first-order chi connectivity index (χ1) is 12.3. The van der Waals surface area contributed by atoms with Crippen LogP contribution in [0, 0.1) is 16.4 Å². The minimum atomic E-state index is -0.827. The Labute approximate surface area is 151 Å². The zero-order chi connectivity index (χ0) is 19.0. The number of halogens is 2. The van der Waals surface area contributed by atoms with E-state index in [-0.39, 0.29) is 33.6 Å². The number of aromatic nitrogens is 2. The Morgan fingerprint density at radius 1 is 1.23 bits per heavy atom. The molecule has 0 saturated heterocycles. The van der Waals surface area contributed by atoms with E-state index in [0.29, 0.717) is 6.07 Å². The van der Waals surface area contributed by atoms with Gasteiger partial charge in [-0.05, 0) is 36.5 Å². The van der Waals surface area contributed by atoms with Crippen LogP contribution < -0.4 is 5.56 Å². The number of hydrogen-bond acceptors (Lipinski definition) is 5. The maximum Gasteiger partial charge on any atom is 0.265 e. The van der Waals surface area contributed by atoms with E-state index in [1.807, 2.05) is 0 Å². The van der Waals surface area contributed by atoms with Crippen LogP contribution in [0.1, 0.15) is 5.56 Å². The smallest absolute Gasteiger partial charge is 0.265 e. The van der Waals surface area contributed by atoms with Crippen molar-refractivity contribution in [1.29, 1.82) is 0 Å². The molecule has 6 nitrogen and oxygen atoms in total. The number of rotatable bonds is 2. The highest BCUT2D eigenvalue weighted by atomic mass is 32.1. The van der Waals surface area contributed by atoms with E-state index >= 15 is 0 Å². The molecule has 1 aromatic carbocycles. The highest BCUT2D eigenvalue weighted by Crippen LogP contribution is 2.23. The van der Waals surface area contributed by atoms with Gasteiger partial charge in [0.25, 0.3) is 5.56 Å². The topological polar surface area (TPSA) is 68.8 Å². The molecule has 1 aromatic heterocycles. The summed E-state index contributed by atoms with van der Waals surface area (Å²) in [4.78, 5) is 16.2. The summed E-state index contributed by atoms with van der Waals surface area (Å²) in [6, 6.07) is 2.98. The zero-order valence-electron chi connectivity index (χ0n) is 13.7. The van der Waals surface area contributed by atoms with Crippen LogP contribution in [0.25, 0.3) is 6.08 Å². The molecule has 2 heterocycles. The average molecular weight is 377 g/mol. The summed E-state index contributed by atoms with van der Waals surface area (Å²) in [6.45, 7) is 0. The molecule has 1 aliphatic heterocycles. The molecule has 0 unspecified atom stereocenters. The minimum Gasteiger partial charge on any atom is -0.494 e. The Morgan fingerprint density at radius 3 is 2.65 bits per heavy atom. The van der Waals surface area contributed by atoms with E-state index in [0.717, 1.165) is 6.07 Å². The first-order valence-electron chi connectivity index (χ1n) is 7.38. The Bertz CT molecular complexity index is 1110. The van der Waals surface area contributed by atoms with Crippen LogP contribution in [0.2, 0.25) is 0 Å². The third-order valence-electron chi connectivity index (χ3n) is 3.71. The molecule has 0 bridgehead atoms. The standard InChI is InChI=1S/C17H13F2N3O3S/c1-21-15(23)11(16(24)22(2)17(21)26)8-10-4-6-14(25-10)20-13-5-3-9(18)7-12(13)19/h3-8,23H,1-2H3/b10-8+,20-14?. The van der Waals surface area contributed by atoms with Gasteiger partial charge in [0.2, 0.25) is 11.8 Å². The van der Waals surface area contributed by atoms with Gasteiger partial charge in [-0.15, -0.1) is 0 Å². The van der Waals surface area contributed by atoms with Gasteiger partial charge in [0.15, 0.2) is 10.6 Å². The van der Waals surface area contributed by atoms with Crippen LogP contribution in [0.5, 0.6) is 5.88 Å². The third-order valence-corrected chi connectivity index (χ3v) is 4.25. The number of benzene rings is 1. The summed E-state index contributed by atoms with van der Waals surface area (Å²) in [7, 11) is 3.01. The molecule has 0 aliphatic carbocycles. The highest BCUT2D eigenvalue weighted by Gasteiger charge is 2.16. The van der Waals surface area contributed by atoms with E-state index in [2.05, 4.69) is 4.99 Å². The van der Waals surface area contributed by atoms with Gasteiger partial charge >= 0.3 is 0 Å².